The molecular formula is C17H15F2NO4S. The highest BCUT2D eigenvalue weighted by molar-refractivity contribution is 7.89. The minimum atomic E-state index is -4.25. The van der Waals surface area contributed by atoms with Gasteiger partial charge < -0.3 is 4.74 Å². The second-order valence-corrected chi connectivity index (χ2v) is 7.38. The fraction of sp³-hybridized carbons (Fsp3) is 0.235. The van der Waals surface area contributed by atoms with Gasteiger partial charge in [0.1, 0.15) is 23.1 Å². The molecule has 0 saturated carbocycles. The summed E-state index contributed by atoms with van der Waals surface area (Å²) < 4.78 is 59.0. The molecule has 1 aliphatic rings. The number of amides is 1. The highest BCUT2D eigenvalue weighted by atomic mass is 32.2. The first-order valence-corrected chi connectivity index (χ1v) is 9.21. The van der Waals surface area contributed by atoms with Crippen LogP contribution in [0.2, 0.25) is 0 Å². The number of rotatable bonds is 4. The quantitative estimate of drug-likeness (QED) is 0.901. The van der Waals surface area contributed by atoms with Crippen molar-refractivity contribution in [3.63, 3.8) is 0 Å². The molecule has 2 aromatic rings. The molecule has 1 heterocycles. The minimum Gasteiger partial charge on any atom is -0.493 e. The number of fused-ring (bicyclic) bond motifs is 1. The van der Waals surface area contributed by atoms with E-state index in [1.165, 1.54) is 0 Å². The fourth-order valence-electron chi connectivity index (χ4n) is 2.74. The first-order chi connectivity index (χ1) is 11.9. The second kappa shape index (κ2) is 6.79. The molecular weight excluding hydrogens is 352 g/mol. The van der Waals surface area contributed by atoms with Gasteiger partial charge >= 0.3 is 0 Å². The molecule has 1 amide bonds. The van der Waals surface area contributed by atoms with E-state index in [1.807, 2.05) is 4.72 Å². The van der Waals surface area contributed by atoms with E-state index in [2.05, 4.69) is 0 Å². The zero-order valence-corrected chi connectivity index (χ0v) is 13.9. The summed E-state index contributed by atoms with van der Waals surface area (Å²) in [6.07, 6.45) is 0.312. The lowest BCUT2D eigenvalue weighted by molar-refractivity contribution is -0.121. The lowest BCUT2D eigenvalue weighted by atomic mass is 9.93. The van der Waals surface area contributed by atoms with E-state index >= 15 is 0 Å². The van der Waals surface area contributed by atoms with Crippen LogP contribution < -0.4 is 9.46 Å². The Hall–Kier alpha value is -2.48. The Bertz CT molecular complexity index is 894. The molecule has 8 heteroatoms. The van der Waals surface area contributed by atoms with Crippen LogP contribution >= 0.6 is 0 Å². The summed E-state index contributed by atoms with van der Waals surface area (Å²) in [6.45, 7) is 0.275. The summed E-state index contributed by atoms with van der Waals surface area (Å²) in [5.74, 6) is -3.84. The fourth-order valence-corrected chi connectivity index (χ4v) is 3.91. The molecule has 0 aromatic heterocycles. The molecule has 132 valence electrons. The molecule has 0 aliphatic carbocycles. The third-order valence-electron chi connectivity index (χ3n) is 3.93. The van der Waals surface area contributed by atoms with Gasteiger partial charge in [0.25, 0.3) is 0 Å². The van der Waals surface area contributed by atoms with Crippen LogP contribution in [0.1, 0.15) is 23.5 Å². The van der Waals surface area contributed by atoms with Crippen molar-refractivity contribution in [1.29, 1.82) is 0 Å². The number of hydrogen-bond acceptors (Lipinski definition) is 4. The van der Waals surface area contributed by atoms with Gasteiger partial charge in [0, 0.05) is 11.1 Å². The maximum Gasteiger partial charge on any atom is 0.241 e. The largest absolute Gasteiger partial charge is 0.493 e. The van der Waals surface area contributed by atoms with Crippen molar-refractivity contribution in [1.82, 2.24) is 4.72 Å². The van der Waals surface area contributed by atoms with Gasteiger partial charge in [0.05, 0.1) is 12.5 Å². The van der Waals surface area contributed by atoms with Crippen molar-refractivity contribution in [2.24, 2.45) is 0 Å². The van der Waals surface area contributed by atoms with Crippen LogP contribution in [0.15, 0.2) is 42.5 Å². The van der Waals surface area contributed by atoms with E-state index in [-0.39, 0.29) is 6.61 Å². The lowest BCUT2D eigenvalue weighted by Crippen LogP contribution is -2.37. The number of ether oxygens (including phenoxy) is 1. The zero-order valence-electron chi connectivity index (χ0n) is 13.0. The highest BCUT2D eigenvalue weighted by Gasteiger charge is 2.30. The Morgan fingerprint density at radius 2 is 1.80 bits per heavy atom. The Labute approximate surface area is 143 Å². The van der Waals surface area contributed by atoms with Gasteiger partial charge in [-0.2, -0.15) is 0 Å². The topological polar surface area (TPSA) is 72.5 Å². The number of para-hydroxylation sites is 1. The van der Waals surface area contributed by atoms with Gasteiger partial charge in [0.15, 0.2) is 0 Å². The van der Waals surface area contributed by atoms with Crippen LogP contribution in [0.3, 0.4) is 0 Å². The van der Waals surface area contributed by atoms with Gasteiger partial charge in [0.2, 0.25) is 15.9 Å². The van der Waals surface area contributed by atoms with Crippen molar-refractivity contribution < 1.29 is 26.7 Å². The van der Waals surface area contributed by atoms with Gasteiger partial charge in [-0.3, -0.25) is 9.52 Å². The van der Waals surface area contributed by atoms with E-state index in [0.717, 1.165) is 18.2 Å². The number of sulfonamides is 1. The zero-order chi connectivity index (χ0) is 18.0. The molecule has 0 radical (unpaired) electrons. The first kappa shape index (κ1) is 17.3. The van der Waals surface area contributed by atoms with Crippen molar-refractivity contribution in [3.05, 3.63) is 65.2 Å². The number of carbonyl (C=O) groups excluding carboxylic acids is 1. The van der Waals surface area contributed by atoms with E-state index in [1.54, 1.807) is 24.3 Å². The smallest absolute Gasteiger partial charge is 0.241 e. The average molecular weight is 367 g/mol. The number of carbonyl (C=O) groups is 1. The average Bonchev–Trinajstić information content (AvgIpc) is 2.57. The maximum absolute atomic E-state index is 13.6. The third kappa shape index (κ3) is 3.79. The molecule has 0 saturated heterocycles. The normalized spacial score (nSPS) is 16.6. The van der Waals surface area contributed by atoms with Crippen LogP contribution in [0.5, 0.6) is 5.75 Å². The maximum atomic E-state index is 13.6. The van der Waals surface area contributed by atoms with Crippen LogP contribution in [-0.4, -0.2) is 20.9 Å². The van der Waals surface area contributed by atoms with Crippen molar-refractivity contribution in [3.8, 4) is 5.75 Å². The van der Waals surface area contributed by atoms with Crippen molar-refractivity contribution in [2.45, 2.75) is 18.1 Å². The third-order valence-corrected chi connectivity index (χ3v) is 5.11. The summed E-state index contributed by atoms with van der Waals surface area (Å²) >= 11 is 0. The van der Waals surface area contributed by atoms with Gasteiger partial charge in [-0.15, -0.1) is 0 Å². The Morgan fingerprint density at radius 3 is 2.52 bits per heavy atom. The SMILES string of the molecule is O=C(NS(=O)(=O)Cc1c(F)cccc1F)C1CCOc2ccccc21. The molecule has 1 atom stereocenters. The van der Waals surface area contributed by atoms with Crippen LogP contribution in [-0.2, 0) is 20.6 Å². The lowest BCUT2D eigenvalue weighted by Gasteiger charge is -2.24. The second-order valence-electron chi connectivity index (χ2n) is 5.65. The summed E-state index contributed by atoms with van der Waals surface area (Å²) in [4.78, 5) is 12.4. The standard InChI is InChI=1S/C17H15F2NO4S/c18-14-5-3-6-15(19)13(14)10-25(22,23)20-17(21)12-8-9-24-16-7-2-1-4-11(12)16/h1-7,12H,8-10H2,(H,20,21). The molecule has 0 spiro atoms. The monoisotopic (exact) mass is 367 g/mol. The molecule has 0 fully saturated rings. The van der Waals surface area contributed by atoms with Gasteiger partial charge in [-0.1, -0.05) is 24.3 Å². The molecule has 1 aliphatic heterocycles. The number of nitrogens with one attached hydrogen (secondary N) is 1. The highest BCUT2D eigenvalue weighted by Crippen LogP contribution is 2.33. The van der Waals surface area contributed by atoms with Crippen LogP contribution in [0, 0.1) is 11.6 Å². The molecule has 5 nitrogen and oxygen atoms in total. The number of hydrogen-bond donors (Lipinski definition) is 1. The summed E-state index contributed by atoms with van der Waals surface area (Å²) in [6, 6.07) is 9.90. The molecule has 0 bridgehead atoms. The van der Waals surface area contributed by atoms with E-state index in [4.69, 9.17) is 4.74 Å². The van der Waals surface area contributed by atoms with E-state index in [9.17, 15) is 22.0 Å². The van der Waals surface area contributed by atoms with E-state index in [0.29, 0.717) is 17.7 Å². The number of benzene rings is 2. The Morgan fingerprint density at radius 1 is 1.12 bits per heavy atom. The van der Waals surface area contributed by atoms with E-state index < -0.39 is 44.8 Å². The van der Waals surface area contributed by atoms with Crippen LogP contribution in [0.4, 0.5) is 8.78 Å². The number of halogens is 2. The predicted molar refractivity (Wildman–Crippen MR) is 86.4 cm³/mol. The summed E-state index contributed by atoms with van der Waals surface area (Å²) in [5.41, 5.74) is -0.0197. The Kier molecular flexibility index (Phi) is 4.71. The van der Waals surface area contributed by atoms with Crippen molar-refractivity contribution >= 4 is 15.9 Å². The Balaban J connectivity index is 1.79. The molecule has 1 unspecified atom stereocenters. The molecule has 2 aromatic carbocycles. The molecule has 1 N–H and O–H groups in total. The molecule has 3 rings (SSSR count). The van der Waals surface area contributed by atoms with Crippen LogP contribution in [0.25, 0.3) is 0 Å². The predicted octanol–water partition coefficient (Wildman–Crippen LogP) is 2.48. The summed E-state index contributed by atoms with van der Waals surface area (Å²) in [7, 11) is -4.25. The summed E-state index contributed by atoms with van der Waals surface area (Å²) in [5, 5.41) is 0. The minimum absolute atomic E-state index is 0.275. The van der Waals surface area contributed by atoms with Crippen molar-refractivity contribution in [2.75, 3.05) is 6.61 Å². The van der Waals surface area contributed by atoms with Gasteiger partial charge in [-0.25, -0.2) is 17.2 Å². The van der Waals surface area contributed by atoms with Gasteiger partial charge in [-0.05, 0) is 24.6 Å². The molecule has 25 heavy (non-hydrogen) atoms. The first-order valence-electron chi connectivity index (χ1n) is 7.56.